The van der Waals surface area contributed by atoms with Gasteiger partial charge in [0.05, 0.1) is 6.61 Å². The number of nitrogens with one attached hydrogen (secondary N) is 1. The van der Waals surface area contributed by atoms with E-state index in [4.69, 9.17) is 9.47 Å². The summed E-state index contributed by atoms with van der Waals surface area (Å²) >= 11 is 0. The van der Waals surface area contributed by atoms with Gasteiger partial charge in [0.2, 0.25) is 0 Å². The topological polar surface area (TPSA) is 47.6 Å². The van der Waals surface area contributed by atoms with Crippen molar-refractivity contribution < 1.29 is 14.3 Å². The molecule has 0 atom stereocenters. The highest BCUT2D eigenvalue weighted by Crippen LogP contribution is 2.29. The standard InChI is InChI=1S/C21H25NO3/c1-2-24-18-10-5-7-16(13-18)14-22-21(23)15-25-20-12-6-9-17-8-3-4-11-19(17)20/h5-7,9-10,12-13H,2-4,8,11,14-15H2,1H3,(H,22,23). The molecule has 3 rings (SSSR count). The largest absolute Gasteiger partial charge is 0.494 e. The highest BCUT2D eigenvalue weighted by Gasteiger charge is 2.14. The molecule has 0 fully saturated rings. The lowest BCUT2D eigenvalue weighted by atomic mass is 9.91. The Morgan fingerprint density at radius 3 is 2.80 bits per heavy atom. The van der Waals surface area contributed by atoms with E-state index in [1.807, 2.05) is 43.3 Å². The third-order valence-electron chi connectivity index (χ3n) is 4.41. The van der Waals surface area contributed by atoms with Crippen LogP contribution in [0.1, 0.15) is 36.5 Å². The van der Waals surface area contributed by atoms with Gasteiger partial charge in [0, 0.05) is 6.54 Å². The monoisotopic (exact) mass is 339 g/mol. The quantitative estimate of drug-likeness (QED) is 0.837. The summed E-state index contributed by atoms with van der Waals surface area (Å²) in [6.45, 7) is 3.09. The van der Waals surface area contributed by atoms with Crippen molar-refractivity contribution in [3.05, 3.63) is 59.2 Å². The van der Waals surface area contributed by atoms with Gasteiger partial charge in [-0.1, -0.05) is 24.3 Å². The van der Waals surface area contributed by atoms with Crippen molar-refractivity contribution >= 4 is 5.91 Å². The molecular weight excluding hydrogens is 314 g/mol. The molecule has 4 heteroatoms. The number of carbonyl (C=O) groups excluding carboxylic acids is 1. The maximum Gasteiger partial charge on any atom is 0.258 e. The van der Waals surface area contributed by atoms with Crippen LogP contribution in [-0.2, 0) is 24.2 Å². The first-order valence-corrected chi connectivity index (χ1v) is 8.98. The fourth-order valence-electron chi connectivity index (χ4n) is 3.19. The Morgan fingerprint density at radius 1 is 1.08 bits per heavy atom. The van der Waals surface area contributed by atoms with Gasteiger partial charge in [0.25, 0.3) is 5.91 Å². The lowest BCUT2D eigenvalue weighted by molar-refractivity contribution is -0.123. The Labute approximate surface area is 149 Å². The van der Waals surface area contributed by atoms with E-state index in [1.54, 1.807) is 0 Å². The smallest absolute Gasteiger partial charge is 0.258 e. The molecule has 1 aliphatic carbocycles. The SMILES string of the molecule is CCOc1cccc(CNC(=O)COc2cccc3c2CCCC3)c1. The number of aryl methyl sites for hydroxylation is 1. The second-order valence-electron chi connectivity index (χ2n) is 6.25. The van der Waals surface area contributed by atoms with Crippen molar-refractivity contribution in [2.45, 2.75) is 39.2 Å². The minimum atomic E-state index is -0.116. The maximum absolute atomic E-state index is 12.1. The lowest BCUT2D eigenvalue weighted by Crippen LogP contribution is -2.28. The third kappa shape index (κ3) is 4.75. The Balaban J connectivity index is 1.51. The van der Waals surface area contributed by atoms with Crippen LogP contribution in [-0.4, -0.2) is 19.1 Å². The molecule has 0 unspecified atom stereocenters. The molecular formula is C21H25NO3. The van der Waals surface area contributed by atoms with E-state index in [1.165, 1.54) is 24.0 Å². The molecule has 132 valence electrons. The first-order valence-electron chi connectivity index (χ1n) is 8.98. The first kappa shape index (κ1) is 17.3. The van der Waals surface area contributed by atoms with E-state index in [-0.39, 0.29) is 12.5 Å². The van der Waals surface area contributed by atoms with Crippen molar-refractivity contribution in [3.63, 3.8) is 0 Å². The summed E-state index contributed by atoms with van der Waals surface area (Å²) in [6, 6.07) is 13.9. The Bertz CT molecular complexity index is 727. The number of carbonyl (C=O) groups is 1. The maximum atomic E-state index is 12.1. The van der Waals surface area contributed by atoms with Crippen LogP contribution in [0, 0.1) is 0 Å². The Kier molecular flexibility index (Phi) is 5.94. The number of amides is 1. The van der Waals surface area contributed by atoms with E-state index < -0.39 is 0 Å². The molecule has 0 radical (unpaired) electrons. The molecule has 1 N–H and O–H groups in total. The number of ether oxygens (including phenoxy) is 2. The Hall–Kier alpha value is -2.49. The molecule has 2 aromatic rings. The summed E-state index contributed by atoms with van der Waals surface area (Å²) in [7, 11) is 0. The average molecular weight is 339 g/mol. The van der Waals surface area contributed by atoms with Gasteiger partial charge in [-0.3, -0.25) is 4.79 Å². The molecule has 0 aliphatic heterocycles. The van der Waals surface area contributed by atoms with Crippen molar-refractivity contribution in [2.24, 2.45) is 0 Å². The Morgan fingerprint density at radius 2 is 1.92 bits per heavy atom. The first-order chi connectivity index (χ1) is 12.3. The predicted octanol–water partition coefficient (Wildman–Crippen LogP) is 3.66. The van der Waals surface area contributed by atoms with Gasteiger partial charge in [-0.15, -0.1) is 0 Å². The summed E-state index contributed by atoms with van der Waals surface area (Å²) in [5.74, 6) is 1.56. The minimum Gasteiger partial charge on any atom is -0.494 e. The minimum absolute atomic E-state index is 0.0433. The van der Waals surface area contributed by atoms with Crippen LogP contribution in [0.2, 0.25) is 0 Å². The van der Waals surface area contributed by atoms with E-state index >= 15 is 0 Å². The van der Waals surface area contributed by atoms with Crippen LogP contribution < -0.4 is 14.8 Å². The summed E-state index contributed by atoms with van der Waals surface area (Å²) < 4.78 is 11.3. The van der Waals surface area contributed by atoms with Gasteiger partial charge < -0.3 is 14.8 Å². The summed E-state index contributed by atoms with van der Waals surface area (Å²) in [6.07, 6.45) is 4.57. The molecule has 4 nitrogen and oxygen atoms in total. The third-order valence-corrected chi connectivity index (χ3v) is 4.41. The van der Waals surface area contributed by atoms with Crippen molar-refractivity contribution in [2.75, 3.05) is 13.2 Å². The van der Waals surface area contributed by atoms with Crippen LogP contribution in [0.15, 0.2) is 42.5 Å². The molecule has 25 heavy (non-hydrogen) atoms. The van der Waals surface area contributed by atoms with Crippen LogP contribution in [0.25, 0.3) is 0 Å². The highest BCUT2D eigenvalue weighted by atomic mass is 16.5. The molecule has 0 aromatic heterocycles. The van der Waals surface area contributed by atoms with E-state index in [9.17, 15) is 4.79 Å². The van der Waals surface area contributed by atoms with E-state index in [0.717, 1.165) is 29.9 Å². The van der Waals surface area contributed by atoms with Gasteiger partial charge in [-0.25, -0.2) is 0 Å². The second kappa shape index (κ2) is 8.56. The second-order valence-corrected chi connectivity index (χ2v) is 6.25. The number of hydrogen-bond acceptors (Lipinski definition) is 3. The lowest BCUT2D eigenvalue weighted by Gasteiger charge is -2.19. The van der Waals surface area contributed by atoms with Crippen molar-refractivity contribution in [3.8, 4) is 11.5 Å². The number of fused-ring (bicyclic) bond motifs is 1. The van der Waals surface area contributed by atoms with Crippen molar-refractivity contribution in [1.82, 2.24) is 5.32 Å². The van der Waals surface area contributed by atoms with Crippen LogP contribution in [0.4, 0.5) is 0 Å². The average Bonchev–Trinajstić information content (AvgIpc) is 2.65. The zero-order valence-electron chi connectivity index (χ0n) is 14.7. The van der Waals surface area contributed by atoms with Gasteiger partial charge in [0.15, 0.2) is 6.61 Å². The van der Waals surface area contributed by atoms with E-state index in [2.05, 4.69) is 11.4 Å². The normalized spacial score (nSPS) is 13.0. The number of rotatable bonds is 7. The molecule has 0 saturated heterocycles. The predicted molar refractivity (Wildman–Crippen MR) is 98.0 cm³/mol. The molecule has 2 aromatic carbocycles. The molecule has 0 spiro atoms. The fourth-order valence-corrected chi connectivity index (χ4v) is 3.19. The van der Waals surface area contributed by atoms with Gasteiger partial charge in [0.1, 0.15) is 11.5 Å². The van der Waals surface area contributed by atoms with Gasteiger partial charge in [-0.05, 0) is 67.5 Å². The summed E-state index contributed by atoms with van der Waals surface area (Å²) in [5.41, 5.74) is 3.64. The van der Waals surface area contributed by atoms with Crippen LogP contribution >= 0.6 is 0 Å². The molecule has 0 bridgehead atoms. The fraction of sp³-hybridized carbons (Fsp3) is 0.381. The molecule has 1 amide bonds. The van der Waals surface area contributed by atoms with Crippen LogP contribution in [0.5, 0.6) is 11.5 Å². The molecule has 0 heterocycles. The highest BCUT2D eigenvalue weighted by molar-refractivity contribution is 5.77. The van der Waals surface area contributed by atoms with Gasteiger partial charge in [-0.2, -0.15) is 0 Å². The molecule has 1 aliphatic rings. The zero-order chi connectivity index (χ0) is 17.5. The van der Waals surface area contributed by atoms with Gasteiger partial charge >= 0.3 is 0 Å². The number of hydrogen-bond donors (Lipinski definition) is 1. The summed E-state index contributed by atoms with van der Waals surface area (Å²) in [5, 5.41) is 2.90. The van der Waals surface area contributed by atoms with Crippen molar-refractivity contribution in [1.29, 1.82) is 0 Å². The zero-order valence-corrected chi connectivity index (χ0v) is 14.7. The number of benzene rings is 2. The summed E-state index contributed by atoms with van der Waals surface area (Å²) in [4.78, 5) is 12.1. The molecule has 0 saturated carbocycles. The van der Waals surface area contributed by atoms with E-state index in [0.29, 0.717) is 13.2 Å². The van der Waals surface area contributed by atoms with Crippen LogP contribution in [0.3, 0.4) is 0 Å².